The van der Waals surface area contributed by atoms with Gasteiger partial charge in [-0.15, -0.1) is 17.9 Å². The summed E-state index contributed by atoms with van der Waals surface area (Å²) in [5.41, 5.74) is 5.64. The summed E-state index contributed by atoms with van der Waals surface area (Å²) in [6, 6.07) is 5.42. The number of hydrogen-bond acceptors (Lipinski definition) is 7. The molecular formula is C19H15N3O6S. The number of benzene rings is 1. The number of amides is 4. The van der Waals surface area contributed by atoms with E-state index in [0.717, 1.165) is 16.2 Å². The van der Waals surface area contributed by atoms with Crippen molar-refractivity contribution in [2.45, 2.75) is 0 Å². The number of thiophene rings is 1. The molecule has 0 radical (unpaired) electrons. The van der Waals surface area contributed by atoms with E-state index in [1.807, 2.05) is 0 Å². The first kappa shape index (κ1) is 20.0. The molecule has 0 aliphatic carbocycles. The monoisotopic (exact) mass is 413 g/mol. The smallest absolute Gasteiger partial charge is 0.338 e. The Balaban J connectivity index is 1.65. The lowest BCUT2D eigenvalue weighted by Crippen LogP contribution is -2.29. The number of nitrogens with zero attached hydrogens (tertiary/aromatic N) is 1. The highest BCUT2D eigenvalue weighted by Crippen LogP contribution is 2.25. The van der Waals surface area contributed by atoms with Crippen molar-refractivity contribution >= 4 is 45.9 Å². The van der Waals surface area contributed by atoms with Crippen LogP contribution in [0.4, 0.5) is 5.00 Å². The van der Waals surface area contributed by atoms with Crippen molar-refractivity contribution in [3.8, 4) is 0 Å². The maximum atomic E-state index is 12.3. The van der Waals surface area contributed by atoms with E-state index < -0.39 is 36.2 Å². The molecule has 1 aromatic carbocycles. The normalized spacial score (nSPS) is 12.5. The molecule has 0 unspecified atom stereocenters. The summed E-state index contributed by atoms with van der Waals surface area (Å²) in [5, 5.41) is 4.28. The maximum Gasteiger partial charge on any atom is 0.338 e. The van der Waals surface area contributed by atoms with Gasteiger partial charge in [0.2, 0.25) is 0 Å². The first-order valence-electron chi connectivity index (χ1n) is 8.29. The number of esters is 1. The van der Waals surface area contributed by atoms with Crippen molar-refractivity contribution < 1.29 is 28.7 Å². The van der Waals surface area contributed by atoms with Gasteiger partial charge in [0.05, 0.1) is 22.3 Å². The fourth-order valence-electron chi connectivity index (χ4n) is 2.69. The van der Waals surface area contributed by atoms with Crippen molar-refractivity contribution in [3.05, 3.63) is 64.6 Å². The Kier molecular flexibility index (Phi) is 5.55. The summed E-state index contributed by atoms with van der Waals surface area (Å²) in [7, 11) is 0. The van der Waals surface area contributed by atoms with Crippen LogP contribution in [0.15, 0.2) is 42.3 Å². The Hall–Kier alpha value is -3.79. The van der Waals surface area contributed by atoms with Crippen LogP contribution in [0.5, 0.6) is 0 Å². The second kappa shape index (κ2) is 8.07. The summed E-state index contributed by atoms with van der Waals surface area (Å²) in [6.07, 6.45) is 1.42. The summed E-state index contributed by atoms with van der Waals surface area (Å²) < 4.78 is 4.95. The molecule has 10 heteroatoms. The minimum atomic E-state index is -0.841. The Labute approximate surface area is 168 Å². The molecule has 0 atom stereocenters. The van der Waals surface area contributed by atoms with E-state index in [1.165, 1.54) is 30.3 Å². The number of imide groups is 1. The van der Waals surface area contributed by atoms with Crippen LogP contribution in [-0.4, -0.2) is 47.6 Å². The standard InChI is InChI=1S/C19H15N3O6S/c1-2-6-22-17(25)11-4-3-10(8-13(11)18(22)26)19(27)28-9-14(23)21-16-12(15(20)24)5-7-29-16/h2-5,7-8H,1,6,9H2,(H2,20,24)(H,21,23). The van der Waals surface area contributed by atoms with E-state index in [9.17, 15) is 24.0 Å². The molecule has 2 aromatic rings. The molecule has 4 amide bonds. The summed E-state index contributed by atoms with van der Waals surface area (Å²) in [6.45, 7) is 2.95. The Morgan fingerprint density at radius 1 is 1.17 bits per heavy atom. The van der Waals surface area contributed by atoms with Gasteiger partial charge >= 0.3 is 5.97 Å². The van der Waals surface area contributed by atoms with E-state index in [2.05, 4.69) is 11.9 Å². The van der Waals surface area contributed by atoms with Crippen LogP contribution < -0.4 is 11.1 Å². The van der Waals surface area contributed by atoms with Gasteiger partial charge in [-0.25, -0.2) is 4.79 Å². The minimum absolute atomic E-state index is 0.0205. The lowest BCUT2D eigenvalue weighted by atomic mass is 10.1. The second-order valence-electron chi connectivity index (χ2n) is 5.92. The van der Waals surface area contributed by atoms with E-state index in [0.29, 0.717) is 0 Å². The van der Waals surface area contributed by atoms with Gasteiger partial charge < -0.3 is 15.8 Å². The SMILES string of the molecule is C=CCN1C(=O)c2ccc(C(=O)OCC(=O)Nc3sccc3C(N)=O)cc2C1=O. The quantitative estimate of drug-likeness (QED) is 0.400. The molecule has 29 heavy (non-hydrogen) atoms. The molecule has 9 nitrogen and oxygen atoms in total. The molecule has 0 saturated heterocycles. The maximum absolute atomic E-state index is 12.3. The second-order valence-corrected chi connectivity index (χ2v) is 6.84. The number of anilines is 1. The number of carbonyl (C=O) groups excluding carboxylic acids is 5. The van der Waals surface area contributed by atoms with Crippen LogP contribution in [0.25, 0.3) is 0 Å². The molecule has 3 N–H and O–H groups in total. The number of fused-ring (bicyclic) bond motifs is 1. The van der Waals surface area contributed by atoms with Gasteiger partial charge in [-0.1, -0.05) is 6.08 Å². The predicted molar refractivity (Wildman–Crippen MR) is 104 cm³/mol. The number of ether oxygens (including phenoxy) is 1. The van der Waals surface area contributed by atoms with E-state index >= 15 is 0 Å². The zero-order chi connectivity index (χ0) is 21.1. The average Bonchev–Trinajstić information content (AvgIpc) is 3.25. The van der Waals surface area contributed by atoms with Gasteiger partial charge in [0, 0.05) is 6.54 Å². The summed E-state index contributed by atoms with van der Waals surface area (Å²) in [5.74, 6) is -3.19. The Bertz CT molecular complexity index is 1060. The number of nitrogens with one attached hydrogen (secondary N) is 1. The van der Waals surface area contributed by atoms with Crippen LogP contribution in [0, 0.1) is 0 Å². The molecular weight excluding hydrogens is 398 g/mol. The molecule has 148 valence electrons. The van der Waals surface area contributed by atoms with Crippen molar-refractivity contribution in [1.82, 2.24) is 4.90 Å². The molecule has 0 saturated carbocycles. The van der Waals surface area contributed by atoms with Crippen LogP contribution >= 0.6 is 11.3 Å². The third kappa shape index (κ3) is 3.92. The fourth-order valence-corrected chi connectivity index (χ4v) is 3.50. The van der Waals surface area contributed by atoms with E-state index in [1.54, 1.807) is 5.38 Å². The number of hydrogen-bond donors (Lipinski definition) is 2. The zero-order valence-electron chi connectivity index (χ0n) is 15.0. The Morgan fingerprint density at radius 3 is 2.59 bits per heavy atom. The molecule has 0 spiro atoms. The highest BCUT2D eigenvalue weighted by molar-refractivity contribution is 7.14. The van der Waals surface area contributed by atoms with Crippen LogP contribution in [0.3, 0.4) is 0 Å². The van der Waals surface area contributed by atoms with Crippen molar-refractivity contribution in [2.75, 3.05) is 18.5 Å². The molecule has 1 aromatic heterocycles. The largest absolute Gasteiger partial charge is 0.452 e. The zero-order valence-corrected chi connectivity index (χ0v) is 15.8. The lowest BCUT2D eigenvalue weighted by molar-refractivity contribution is -0.119. The fraction of sp³-hybridized carbons (Fsp3) is 0.105. The molecule has 3 rings (SSSR count). The van der Waals surface area contributed by atoms with Gasteiger partial charge in [-0.05, 0) is 29.6 Å². The third-order valence-electron chi connectivity index (χ3n) is 4.04. The number of primary amides is 1. The van der Waals surface area contributed by atoms with Gasteiger partial charge in [-0.2, -0.15) is 0 Å². The highest BCUT2D eigenvalue weighted by Gasteiger charge is 2.35. The lowest BCUT2D eigenvalue weighted by Gasteiger charge is -2.09. The number of rotatable bonds is 7. The van der Waals surface area contributed by atoms with Crippen LogP contribution in [0.2, 0.25) is 0 Å². The molecule has 2 heterocycles. The van der Waals surface area contributed by atoms with Crippen molar-refractivity contribution in [1.29, 1.82) is 0 Å². The molecule has 1 aliphatic heterocycles. The van der Waals surface area contributed by atoms with Gasteiger partial charge in [0.25, 0.3) is 23.6 Å². The third-order valence-corrected chi connectivity index (χ3v) is 4.87. The Morgan fingerprint density at radius 2 is 1.90 bits per heavy atom. The highest BCUT2D eigenvalue weighted by atomic mass is 32.1. The first-order valence-corrected chi connectivity index (χ1v) is 9.17. The molecule has 0 fully saturated rings. The predicted octanol–water partition coefficient (Wildman–Crippen LogP) is 1.42. The average molecular weight is 413 g/mol. The van der Waals surface area contributed by atoms with E-state index in [4.69, 9.17) is 10.5 Å². The van der Waals surface area contributed by atoms with Gasteiger partial charge in [0.1, 0.15) is 5.00 Å². The summed E-state index contributed by atoms with van der Waals surface area (Å²) in [4.78, 5) is 60.9. The summed E-state index contributed by atoms with van der Waals surface area (Å²) >= 11 is 1.10. The minimum Gasteiger partial charge on any atom is -0.452 e. The van der Waals surface area contributed by atoms with Crippen molar-refractivity contribution in [3.63, 3.8) is 0 Å². The molecule has 1 aliphatic rings. The number of carbonyl (C=O) groups is 5. The van der Waals surface area contributed by atoms with Crippen LogP contribution in [-0.2, 0) is 9.53 Å². The van der Waals surface area contributed by atoms with Gasteiger partial charge in [0.15, 0.2) is 6.61 Å². The van der Waals surface area contributed by atoms with Gasteiger partial charge in [-0.3, -0.25) is 24.1 Å². The first-order chi connectivity index (χ1) is 13.8. The topological polar surface area (TPSA) is 136 Å². The molecule has 0 bridgehead atoms. The van der Waals surface area contributed by atoms with Crippen molar-refractivity contribution in [2.24, 2.45) is 5.73 Å². The number of nitrogens with two attached hydrogens (primary N) is 1. The van der Waals surface area contributed by atoms with E-state index in [-0.39, 0.29) is 33.8 Å². The van der Waals surface area contributed by atoms with Crippen LogP contribution in [0.1, 0.15) is 41.4 Å².